The number of alkyl halides is 6. The summed E-state index contributed by atoms with van der Waals surface area (Å²) in [4.78, 5) is 51.1. The number of nitrogens with one attached hydrogen (secondary N) is 4. The molecule has 1 fully saturated rings. The van der Waals surface area contributed by atoms with Gasteiger partial charge in [0.05, 0.1) is 56.5 Å². The molecule has 32 heteroatoms. The minimum atomic E-state index is -5.49. The number of hydrazine groups is 1. The predicted octanol–water partition coefficient (Wildman–Crippen LogP) is 5.14. The molecule has 8 aromatic rings. The summed E-state index contributed by atoms with van der Waals surface area (Å²) in [6.07, 6.45) is -5.86. The van der Waals surface area contributed by atoms with E-state index in [-0.39, 0.29) is 53.2 Å². The lowest BCUT2D eigenvalue weighted by atomic mass is 10.0. The molecule has 1 saturated carbocycles. The second-order valence-corrected chi connectivity index (χ2v) is 17.2. The number of Topliss-reactive ketones (excluding diaryl/α,β-unsaturated/α-hetero) is 1. The van der Waals surface area contributed by atoms with E-state index in [2.05, 4.69) is 40.4 Å². The molecule has 6 heterocycles. The molecule has 0 radical (unpaired) electrons. The van der Waals surface area contributed by atoms with Crippen molar-refractivity contribution in [1.29, 1.82) is 0 Å². The molecule has 2 aromatic carbocycles. The Morgan fingerprint density at radius 1 is 0.620 bits per heavy atom. The third kappa shape index (κ3) is 12.5. The third-order valence-corrected chi connectivity index (χ3v) is 11.8. The maximum absolute atomic E-state index is 14.6. The van der Waals surface area contributed by atoms with Crippen LogP contribution in [0.3, 0.4) is 0 Å². The number of anilines is 2. The molecule has 6 aromatic heterocycles. The van der Waals surface area contributed by atoms with E-state index in [0.717, 1.165) is 0 Å². The van der Waals surface area contributed by atoms with Crippen LogP contribution in [-0.2, 0) is 27.5 Å². The Morgan fingerprint density at radius 2 is 1.05 bits per heavy atom. The van der Waals surface area contributed by atoms with Crippen molar-refractivity contribution >= 4 is 29.2 Å². The summed E-state index contributed by atoms with van der Waals surface area (Å²) < 4.78 is 151. The molecule has 1 aliphatic carbocycles. The smallest absolute Gasteiger partial charge is 0.371 e. The Labute approximate surface area is 436 Å². The van der Waals surface area contributed by atoms with Crippen molar-refractivity contribution in [3.8, 4) is 45.8 Å². The molecule has 1 aliphatic rings. The topological polar surface area (TPSA) is 305 Å². The van der Waals surface area contributed by atoms with Crippen LogP contribution < -0.4 is 27.2 Å². The molecule has 79 heavy (non-hydrogen) atoms. The van der Waals surface area contributed by atoms with Crippen molar-refractivity contribution in [2.24, 2.45) is 11.8 Å². The minimum absolute atomic E-state index is 0.0230. The molecule has 0 aliphatic heterocycles. The van der Waals surface area contributed by atoms with E-state index < -0.39 is 95.7 Å². The summed E-state index contributed by atoms with van der Waals surface area (Å²) in [5.41, 5.74) is -4.85. The summed E-state index contributed by atoms with van der Waals surface area (Å²) in [6, 6.07) is 17.8. The van der Waals surface area contributed by atoms with Crippen LogP contribution in [0.1, 0.15) is 24.0 Å². The van der Waals surface area contributed by atoms with Gasteiger partial charge in [-0.2, -0.15) is 36.5 Å². The van der Waals surface area contributed by atoms with Crippen LogP contribution >= 0.6 is 0 Å². The van der Waals surface area contributed by atoms with Gasteiger partial charge in [-0.15, -0.1) is 0 Å². The Hall–Kier alpha value is -9.17. The first-order valence-electron chi connectivity index (χ1n) is 22.9. The number of aliphatic hydroxyl groups is 2. The number of nitrogens with two attached hydrogens (primary N) is 1. The van der Waals surface area contributed by atoms with E-state index in [4.69, 9.17) is 14.9 Å². The average molecular weight is 1120 g/mol. The Bertz CT molecular complexity index is 3460. The second kappa shape index (κ2) is 22.8. The molecule has 2 atom stereocenters. The largest absolute Gasteiger partial charge is 0.428 e. The number of nitrogens with zero attached hydrogens (tertiary/aromatic N) is 10. The van der Waals surface area contributed by atoms with E-state index in [1.165, 1.54) is 75.8 Å². The second-order valence-electron chi connectivity index (χ2n) is 17.2. The van der Waals surface area contributed by atoms with E-state index in [9.17, 15) is 68.5 Å². The Morgan fingerprint density at radius 3 is 1.43 bits per heavy atom. The first kappa shape index (κ1) is 56.0. The van der Waals surface area contributed by atoms with Crippen molar-refractivity contribution in [2.75, 3.05) is 30.3 Å². The van der Waals surface area contributed by atoms with Crippen molar-refractivity contribution in [3.63, 3.8) is 0 Å². The van der Waals surface area contributed by atoms with Gasteiger partial charge in [0.15, 0.2) is 40.7 Å². The van der Waals surface area contributed by atoms with E-state index in [1.807, 2.05) is 16.0 Å². The van der Waals surface area contributed by atoms with Gasteiger partial charge in [-0.3, -0.25) is 29.2 Å². The number of halogens is 10. The Kier molecular flexibility index (Phi) is 16.2. The minimum Gasteiger partial charge on any atom is -0.371 e. The molecule has 0 saturated heterocycles. The molecule has 414 valence electrons. The van der Waals surface area contributed by atoms with Gasteiger partial charge in [0.1, 0.15) is 46.9 Å². The monoisotopic (exact) mass is 1120 g/mol. The van der Waals surface area contributed by atoms with E-state index in [0.29, 0.717) is 48.0 Å². The predicted molar refractivity (Wildman–Crippen MR) is 250 cm³/mol. The third-order valence-electron chi connectivity index (χ3n) is 11.8. The quantitative estimate of drug-likeness (QED) is 0.0239. The highest BCUT2D eigenvalue weighted by atomic mass is 19.4. The zero-order valence-electron chi connectivity index (χ0n) is 40.0. The number of benzene rings is 2. The molecule has 9 rings (SSSR count). The number of hydrogen-bond acceptors (Lipinski definition) is 18. The maximum Gasteiger partial charge on any atom is 0.428 e. The SMILES string of the molecule is NNC(=O)C(O)(CNc1nc(-c2cc(-c3ccon3)n(Cc3ccccc3F)n2)ncc1F)C(F)(F)F.O=C(CNC(=O)C(O)(CNc1nc(-c2cc(-c3ccon3)n(Cc3ccccc3F)n2)ncc1F)C(F)(F)F)C1CC1. The van der Waals surface area contributed by atoms with Crippen molar-refractivity contribution in [3.05, 3.63) is 132 Å². The highest BCUT2D eigenvalue weighted by molar-refractivity contribution is 5.92. The fourth-order valence-electron chi connectivity index (χ4n) is 7.22. The van der Waals surface area contributed by atoms with Crippen LogP contribution in [0.25, 0.3) is 45.8 Å². The van der Waals surface area contributed by atoms with Crippen LogP contribution in [0.15, 0.2) is 107 Å². The first-order valence-corrected chi connectivity index (χ1v) is 22.9. The number of amides is 2. The van der Waals surface area contributed by atoms with Crippen LogP contribution in [0.2, 0.25) is 0 Å². The summed E-state index contributed by atoms with van der Waals surface area (Å²) >= 11 is 0. The van der Waals surface area contributed by atoms with E-state index >= 15 is 0 Å². The maximum atomic E-state index is 14.6. The molecule has 0 spiro atoms. The molecule has 22 nitrogen and oxygen atoms in total. The molecular formula is C47H39F10N15O7. The lowest BCUT2D eigenvalue weighted by Crippen LogP contribution is -2.62. The average Bonchev–Trinajstić information content (AvgIpc) is 4.01. The van der Waals surface area contributed by atoms with Gasteiger partial charge in [-0.1, -0.05) is 46.7 Å². The molecule has 0 bridgehead atoms. The van der Waals surface area contributed by atoms with Crippen LogP contribution in [0, 0.1) is 29.2 Å². The molecule has 2 amide bonds. The fraction of sp³-hybridized carbons (Fsp3) is 0.255. The van der Waals surface area contributed by atoms with Crippen molar-refractivity contribution in [1.82, 2.24) is 60.6 Å². The van der Waals surface area contributed by atoms with E-state index in [1.54, 1.807) is 24.3 Å². The lowest BCUT2D eigenvalue weighted by Gasteiger charge is -2.29. The molecule has 2 unspecified atom stereocenters. The number of carbonyl (C=O) groups excluding carboxylic acids is 3. The number of aromatic nitrogens is 10. The molecular weight excluding hydrogens is 1080 g/mol. The first-order chi connectivity index (χ1) is 37.5. The zero-order chi connectivity index (χ0) is 56.9. The summed E-state index contributed by atoms with van der Waals surface area (Å²) in [6.45, 7) is -3.83. The van der Waals surface area contributed by atoms with Crippen LogP contribution in [0.5, 0.6) is 0 Å². The van der Waals surface area contributed by atoms with Gasteiger partial charge in [-0.05, 0) is 37.1 Å². The number of carbonyl (C=O) groups is 3. The fourth-order valence-corrected chi connectivity index (χ4v) is 7.22. The zero-order valence-corrected chi connectivity index (χ0v) is 40.0. The van der Waals surface area contributed by atoms with Gasteiger partial charge in [0, 0.05) is 29.2 Å². The van der Waals surface area contributed by atoms with Gasteiger partial charge in [0.2, 0.25) is 0 Å². The van der Waals surface area contributed by atoms with Crippen LogP contribution in [-0.4, -0.2) is 121 Å². The van der Waals surface area contributed by atoms with Crippen LogP contribution in [0.4, 0.5) is 55.5 Å². The Balaban J connectivity index is 0.000000210. The van der Waals surface area contributed by atoms with Gasteiger partial charge in [-0.25, -0.2) is 43.3 Å². The van der Waals surface area contributed by atoms with Crippen molar-refractivity contribution < 1.29 is 77.5 Å². The lowest BCUT2D eigenvalue weighted by molar-refractivity contribution is -0.247. The van der Waals surface area contributed by atoms with Gasteiger partial charge >= 0.3 is 12.4 Å². The van der Waals surface area contributed by atoms with Gasteiger partial charge in [0.25, 0.3) is 23.0 Å². The highest BCUT2D eigenvalue weighted by Gasteiger charge is 2.60. The number of hydrogen-bond donors (Lipinski definition) is 7. The molecule has 8 N–H and O–H groups in total. The van der Waals surface area contributed by atoms with Crippen molar-refractivity contribution in [2.45, 2.75) is 49.5 Å². The normalized spacial score (nSPS) is 14.1. The number of rotatable bonds is 19. The standard InChI is InChI=1S/C26H22F5N7O4.C21H17F5N8O3/c27-16-4-2-1-3-15(16)12-38-20(18-7-8-42-37-18)9-19(36-38)23-32-10-17(28)22(35-23)34-13-25(41,26(29,30)31)24(40)33-11-21(39)14-5-6-14;22-12-4-2-1-3-11(12)9-34-16(14-5-6-37-33-14)7-15(32-34)18-28-8-13(23)17(30-18)29-10-20(36,19(35)31-27)21(24,25)26/h1-4,7-10,14,41H,5-6,11-13H2,(H,33,40)(H,32,34,35);1-8,36H,9-10,27H2,(H,31,35)(H,28,29,30). The van der Waals surface area contributed by atoms with Gasteiger partial charge < -0.3 is 35.2 Å². The summed E-state index contributed by atoms with van der Waals surface area (Å²) in [7, 11) is 0. The number of ketones is 1. The highest BCUT2D eigenvalue weighted by Crippen LogP contribution is 2.35. The summed E-state index contributed by atoms with van der Waals surface area (Å²) in [5.74, 6) is -5.24. The summed E-state index contributed by atoms with van der Waals surface area (Å²) in [5, 5.41) is 42.3.